The van der Waals surface area contributed by atoms with Gasteiger partial charge in [0.2, 0.25) is 0 Å². The molecule has 0 N–H and O–H groups in total. The van der Waals surface area contributed by atoms with E-state index in [2.05, 4.69) is 16.5 Å². The van der Waals surface area contributed by atoms with Gasteiger partial charge in [0.1, 0.15) is 6.10 Å². The number of hydrogen-bond donors (Lipinski definition) is 0. The molecule has 1 aromatic carbocycles. The Bertz CT molecular complexity index is 925. The van der Waals surface area contributed by atoms with Crippen LogP contribution >= 0.6 is 0 Å². The molecule has 146 valence electrons. The second-order valence-electron chi connectivity index (χ2n) is 7.35. The maximum Gasteiger partial charge on any atom is 0.340 e. The van der Waals surface area contributed by atoms with Crippen LogP contribution in [0.2, 0.25) is 0 Å². The van der Waals surface area contributed by atoms with Crippen molar-refractivity contribution in [1.29, 1.82) is 0 Å². The summed E-state index contributed by atoms with van der Waals surface area (Å²) in [5.74, 6) is -0.290. The van der Waals surface area contributed by atoms with Gasteiger partial charge in [0.15, 0.2) is 0 Å². The minimum atomic E-state index is -0.290. The molecule has 1 aliphatic carbocycles. The van der Waals surface area contributed by atoms with Gasteiger partial charge in [0, 0.05) is 6.20 Å². The van der Waals surface area contributed by atoms with E-state index in [1.54, 1.807) is 0 Å². The minimum Gasteiger partial charge on any atom is -0.462 e. The molecule has 0 aliphatic heterocycles. The lowest BCUT2D eigenvalue weighted by atomic mass is 9.97. The Morgan fingerprint density at radius 1 is 1.07 bits per heavy atom. The summed E-state index contributed by atoms with van der Waals surface area (Å²) in [7, 11) is 0. The van der Waals surface area contributed by atoms with Crippen molar-refractivity contribution < 1.29 is 14.3 Å². The number of aromatic nitrogens is 1. The summed E-state index contributed by atoms with van der Waals surface area (Å²) < 4.78 is 14.0. The first kappa shape index (κ1) is 18.8. The van der Waals surface area contributed by atoms with E-state index in [0.717, 1.165) is 29.6 Å². The predicted molar refractivity (Wildman–Crippen MR) is 110 cm³/mol. The summed E-state index contributed by atoms with van der Waals surface area (Å²) >= 11 is 0. The molecular weight excluding hydrogens is 350 g/mol. The van der Waals surface area contributed by atoms with E-state index in [1.807, 2.05) is 55.6 Å². The summed E-state index contributed by atoms with van der Waals surface area (Å²) in [5.41, 5.74) is 3.51. The van der Waals surface area contributed by atoms with Crippen molar-refractivity contribution in [2.24, 2.45) is 0 Å². The molecule has 0 amide bonds. The van der Waals surface area contributed by atoms with E-state index in [0.29, 0.717) is 12.2 Å². The smallest absolute Gasteiger partial charge is 0.340 e. The highest BCUT2D eigenvalue weighted by Crippen LogP contribution is 2.34. The van der Waals surface area contributed by atoms with Crippen LogP contribution in [-0.2, 0) is 9.47 Å². The van der Waals surface area contributed by atoms with Crippen LogP contribution in [0.4, 0.5) is 0 Å². The Hall–Kier alpha value is -2.59. The molecule has 2 heterocycles. The highest BCUT2D eigenvalue weighted by Gasteiger charge is 2.27. The monoisotopic (exact) mass is 377 g/mol. The van der Waals surface area contributed by atoms with Crippen LogP contribution in [0.15, 0.2) is 60.8 Å². The summed E-state index contributed by atoms with van der Waals surface area (Å²) in [6, 6.07) is 18.1. The lowest BCUT2D eigenvalue weighted by molar-refractivity contribution is -0.0140. The first-order valence-electron chi connectivity index (χ1n) is 10.3. The molecule has 1 atom stereocenters. The van der Waals surface area contributed by atoms with Crippen molar-refractivity contribution in [3.63, 3.8) is 0 Å². The van der Waals surface area contributed by atoms with Crippen molar-refractivity contribution in [3.8, 4) is 0 Å². The van der Waals surface area contributed by atoms with Crippen molar-refractivity contribution in [2.75, 3.05) is 6.61 Å². The summed E-state index contributed by atoms with van der Waals surface area (Å²) in [6.07, 6.45) is 7.94. The van der Waals surface area contributed by atoms with Gasteiger partial charge in [-0.3, -0.25) is 0 Å². The van der Waals surface area contributed by atoms with E-state index in [4.69, 9.17) is 9.47 Å². The molecule has 3 aromatic rings. The molecule has 1 aliphatic rings. The lowest BCUT2D eigenvalue weighted by Gasteiger charge is -2.28. The number of pyridine rings is 1. The number of rotatable bonds is 6. The van der Waals surface area contributed by atoms with Gasteiger partial charge in [-0.2, -0.15) is 0 Å². The fraction of sp³-hybridized carbons (Fsp3) is 0.375. The standard InChI is InChI=1S/C24H27NO3/c1-2-27-24(26)20-17-22(25-16-10-9-15-21(20)25)23(18-11-5-3-6-12-18)28-19-13-7-4-8-14-19/h3,5-6,9-12,15-17,19,23H,2,4,7-8,13-14H2,1H3. The SMILES string of the molecule is CCOC(=O)c1cc(C(OC2CCCCC2)c2ccccc2)n2ccccc12. The van der Waals surface area contributed by atoms with Gasteiger partial charge >= 0.3 is 5.97 Å². The zero-order valence-corrected chi connectivity index (χ0v) is 16.3. The molecule has 0 spiro atoms. The molecule has 1 unspecified atom stereocenters. The van der Waals surface area contributed by atoms with Gasteiger partial charge in [0.25, 0.3) is 0 Å². The Morgan fingerprint density at radius 2 is 1.82 bits per heavy atom. The van der Waals surface area contributed by atoms with Crippen LogP contribution in [0.25, 0.3) is 5.52 Å². The lowest BCUT2D eigenvalue weighted by Crippen LogP contribution is -2.21. The summed E-state index contributed by atoms with van der Waals surface area (Å²) in [4.78, 5) is 12.5. The number of carbonyl (C=O) groups excluding carboxylic acids is 1. The molecule has 0 saturated heterocycles. The van der Waals surface area contributed by atoms with Gasteiger partial charge in [0.05, 0.1) is 29.5 Å². The number of fused-ring (bicyclic) bond motifs is 1. The maximum atomic E-state index is 12.5. The molecule has 4 rings (SSSR count). The molecule has 1 fully saturated rings. The van der Waals surface area contributed by atoms with Crippen LogP contribution in [-0.4, -0.2) is 23.1 Å². The highest BCUT2D eigenvalue weighted by molar-refractivity contribution is 5.97. The Kier molecular flexibility index (Phi) is 5.77. The van der Waals surface area contributed by atoms with Crippen molar-refractivity contribution >= 4 is 11.5 Å². The third-order valence-electron chi connectivity index (χ3n) is 5.45. The van der Waals surface area contributed by atoms with E-state index in [1.165, 1.54) is 19.3 Å². The highest BCUT2D eigenvalue weighted by atomic mass is 16.5. The van der Waals surface area contributed by atoms with E-state index >= 15 is 0 Å². The Morgan fingerprint density at radius 3 is 2.57 bits per heavy atom. The number of esters is 1. The quantitative estimate of drug-likeness (QED) is 0.528. The Labute approximate surface area is 166 Å². The zero-order valence-electron chi connectivity index (χ0n) is 16.3. The van der Waals surface area contributed by atoms with Gasteiger partial charge in [-0.05, 0) is 43.5 Å². The third-order valence-corrected chi connectivity index (χ3v) is 5.45. The summed E-state index contributed by atoms with van der Waals surface area (Å²) in [5, 5.41) is 0. The average molecular weight is 377 g/mol. The van der Waals surface area contributed by atoms with Gasteiger partial charge in [-0.15, -0.1) is 0 Å². The van der Waals surface area contributed by atoms with E-state index < -0.39 is 0 Å². The first-order valence-corrected chi connectivity index (χ1v) is 10.3. The van der Waals surface area contributed by atoms with E-state index in [9.17, 15) is 4.79 Å². The molecular formula is C24H27NO3. The second kappa shape index (κ2) is 8.61. The number of carbonyl (C=O) groups is 1. The molecule has 4 heteroatoms. The molecule has 0 radical (unpaired) electrons. The first-order chi connectivity index (χ1) is 13.8. The van der Waals surface area contributed by atoms with Crippen LogP contribution < -0.4 is 0 Å². The molecule has 1 saturated carbocycles. The largest absolute Gasteiger partial charge is 0.462 e. The molecule has 0 bridgehead atoms. The molecule has 2 aromatic heterocycles. The zero-order chi connectivity index (χ0) is 19.3. The van der Waals surface area contributed by atoms with Crippen molar-refractivity contribution in [1.82, 2.24) is 4.40 Å². The second-order valence-corrected chi connectivity index (χ2v) is 7.35. The minimum absolute atomic E-state index is 0.220. The van der Waals surface area contributed by atoms with Crippen LogP contribution in [0, 0.1) is 0 Å². The molecule has 28 heavy (non-hydrogen) atoms. The van der Waals surface area contributed by atoms with Crippen molar-refractivity contribution in [3.05, 3.63) is 77.6 Å². The number of hydrogen-bond acceptors (Lipinski definition) is 3. The Balaban J connectivity index is 1.79. The fourth-order valence-corrected chi connectivity index (χ4v) is 4.09. The van der Waals surface area contributed by atoms with E-state index in [-0.39, 0.29) is 18.2 Å². The van der Waals surface area contributed by atoms with Crippen molar-refractivity contribution in [2.45, 2.75) is 51.2 Å². The molecule has 4 nitrogen and oxygen atoms in total. The fourth-order valence-electron chi connectivity index (χ4n) is 4.09. The van der Waals surface area contributed by atoms with Gasteiger partial charge in [-0.25, -0.2) is 4.79 Å². The predicted octanol–water partition coefficient (Wildman–Crippen LogP) is 5.55. The number of benzene rings is 1. The third kappa shape index (κ3) is 3.83. The topological polar surface area (TPSA) is 39.9 Å². The van der Waals surface area contributed by atoms with Crippen LogP contribution in [0.3, 0.4) is 0 Å². The average Bonchev–Trinajstić information content (AvgIpc) is 3.13. The summed E-state index contributed by atoms with van der Waals surface area (Å²) in [6.45, 7) is 2.19. The number of ether oxygens (including phenoxy) is 2. The van der Waals surface area contributed by atoms with Gasteiger partial charge in [-0.1, -0.05) is 55.7 Å². The van der Waals surface area contributed by atoms with Crippen LogP contribution in [0.1, 0.15) is 66.7 Å². The normalized spacial score (nSPS) is 16.2. The number of nitrogens with zero attached hydrogens (tertiary/aromatic N) is 1. The maximum absolute atomic E-state index is 12.5. The van der Waals surface area contributed by atoms with Gasteiger partial charge < -0.3 is 13.9 Å². The van der Waals surface area contributed by atoms with Crippen LogP contribution in [0.5, 0.6) is 0 Å².